The van der Waals surface area contributed by atoms with Crippen molar-refractivity contribution in [3.8, 4) is 12.8 Å². The number of terminal acetylenes is 1. The number of benzene rings is 1. The van der Waals surface area contributed by atoms with Crippen LogP contribution in [-0.2, 0) is 0 Å². The molecular formula is C13H16ClFN2. The van der Waals surface area contributed by atoms with Crippen molar-refractivity contribution in [3.05, 3.63) is 40.8 Å². The molecule has 0 heterocycles. The zero-order valence-corrected chi connectivity index (χ0v) is 10.5. The van der Waals surface area contributed by atoms with Crippen LogP contribution in [0.5, 0.6) is 0 Å². The van der Waals surface area contributed by atoms with E-state index >= 15 is 0 Å². The van der Waals surface area contributed by atoms with Crippen LogP contribution in [0, 0.1) is 25.6 Å². The molecule has 0 aliphatic heterocycles. The summed E-state index contributed by atoms with van der Waals surface area (Å²) in [4.78, 5) is 0. The van der Waals surface area contributed by atoms with Crippen molar-refractivity contribution < 1.29 is 4.39 Å². The maximum atomic E-state index is 13.2. The second-order valence-electron chi connectivity index (χ2n) is 3.35. The summed E-state index contributed by atoms with van der Waals surface area (Å²) in [5.74, 6) is -0.440. The molecule has 1 aromatic carbocycles. The second-order valence-corrected chi connectivity index (χ2v) is 3.76. The third kappa shape index (κ3) is 4.90. The summed E-state index contributed by atoms with van der Waals surface area (Å²) in [6, 6.07) is 2.94. The van der Waals surface area contributed by atoms with E-state index < -0.39 is 5.82 Å². The van der Waals surface area contributed by atoms with E-state index in [0.29, 0.717) is 18.7 Å². The molecule has 1 rings (SSSR count). The first-order chi connectivity index (χ1) is 8.04. The normalized spacial score (nSPS) is 9.06. The Morgan fingerprint density at radius 2 is 2.12 bits per heavy atom. The molecule has 0 bridgehead atoms. The minimum Gasteiger partial charge on any atom is -0.359 e. The lowest BCUT2D eigenvalue weighted by Crippen LogP contribution is -2.06. The van der Waals surface area contributed by atoms with Gasteiger partial charge in [0.05, 0.1) is 5.02 Å². The van der Waals surface area contributed by atoms with Gasteiger partial charge in [0.15, 0.2) is 0 Å². The largest absolute Gasteiger partial charge is 0.359 e. The van der Waals surface area contributed by atoms with Gasteiger partial charge in [-0.05, 0) is 37.6 Å². The first-order valence-corrected chi connectivity index (χ1v) is 5.36. The number of nitrogens with one attached hydrogen (secondary N) is 1. The van der Waals surface area contributed by atoms with Gasteiger partial charge in [-0.3, -0.25) is 0 Å². The molecule has 0 aliphatic carbocycles. The van der Waals surface area contributed by atoms with Gasteiger partial charge in [-0.25, -0.2) is 4.39 Å². The number of aryl methyl sites for hydroxylation is 1. The van der Waals surface area contributed by atoms with Crippen LogP contribution in [-0.4, -0.2) is 6.54 Å². The highest BCUT2D eigenvalue weighted by Crippen LogP contribution is 2.24. The molecule has 0 fully saturated rings. The molecule has 3 N–H and O–H groups in total. The Labute approximate surface area is 107 Å². The van der Waals surface area contributed by atoms with E-state index in [1.165, 1.54) is 6.07 Å². The van der Waals surface area contributed by atoms with Gasteiger partial charge >= 0.3 is 0 Å². The Kier molecular flexibility index (Phi) is 7.04. The van der Waals surface area contributed by atoms with Crippen molar-refractivity contribution >= 4 is 17.3 Å². The average Bonchev–Trinajstić information content (AvgIpc) is 2.29. The summed E-state index contributed by atoms with van der Waals surface area (Å²) in [6.07, 6.45) is 8.66. The van der Waals surface area contributed by atoms with Crippen LogP contribution in [0.2, 0.25) is 5.02 Å². The molecule has 0 spiro atoms. The van der Waals surface area contributed by atoms with Crippen LogP contribution in [0.25, 0.3) is 0 Å². The summed E-state index contributed by atoms with van der Waals surface area (Å²) < 4.78 is 13.2. The maximum absolute atomic E-state index is 13.2. The Bertz CT molecular complexity index is 413. The molecule has 4 heteroatoms. The Hall–Kier alpha value is -1.50. The van der Waals surface area contributed by atoms with E-state index in [9.17, 15) is 4.39 Å². The van der Waals surface area contributed by atoms with Crippen molar-refractivity contribution in [1.29, 1.82) is 0 Å². The maximum Gasteiger partial charge on any atom is 0.143 e. The highest BCUT2D eigenvalue weighted by molar-refractivity contribution is 6.30. The highest BCUT2D eigenvalue weighted by atomic mass is 35.5. The molecule has 17 heavy (non-hydrogen) atoms. The number of hydrogen-bond acceptors (Lipinski definition) is 2. The zero-order chi connectivity index (χ0) is 13.4. The number of anilines is 1. The summed E-state index contributed by atoms with van der Waals surface area (Å²) in [5, 5.41) is 3.13. The van der Waals surface area contributed by atoms with Crippen molar-refractivity contribution in [2.45, 2.75) is 13.3 Å². The van der Waals surface area contributed by atoms with Crippen LogP contribution >= 0.6 is 11.6 Å². The van der Waals surface area contributed by atoms with E-state index in [4.69, 9.17) is 17.3 Å². The molecule has 0 saturated carbocycles. The number of halogens is 2. The molecule has 0 amide bonds. The fourth-order valence-electron chi connectivity index (χ4n) is 1.21. The van der Waals surface area contributed by atoms with Crippen molar-refractivity contribution in [1.82, 2.24) is 0 Å². The van der Waals surface area contributed by atoms with Gasteiger partial charge in [0.25, 0.3) is 0 Å². The predicted octanol–water partition coefficient (Wildman–Crippen LogP) is 3.31. The van der Waals surface area contributed by atoms with Gasteiger partial charge in [-0.15, -0.1) is 12.8 Å². The fourth-order valence-corrected chi connectivity index (χ4v) is 1.43. The van der Waals surface area contributed by atoms with Crippen molar-refractivity contribution in [3.63, 3.8) is 0 Å². The predicted molar refractivity (Wildman–Crippen MR) is 72.5 cm³/mol. The molecular weight excluding hydrogens is 239 g/mol. The highest BCUT2D eigenvalue weighted by Gasteiger charge is 2.05. The third-order valence-electron chi connectivity index (χ3n) is 2.02. The van der Waals surface area contributed by atoms with Gasteiger partial charge in [-0.1, -0.05) is 18.2 Å². The Balaban J connectivity index is 0.00000121. The molecule has 0 radical (unpaired) electrons. The number of rotatable bonds is 4. The minimum atomic E-state index is -0.440. The number of nitrogens with two attached hydrogens (primary N) is 1. The SMILES string of the molecule is C#C.C=C(CCN)Nc1cc(F)c(Cl)cc1C. The lowest BCUT2D eigenvalue weighted by atomic mass is 10.2. The molecule has 0 saturated heterocycles. The molecule has 0 aromatic heterocycles. The summed E-state index contributed by atoms with van der Waals surface area (Å²) in [6.45, 7) is 6.15. The lowest BCUT2D eigenvalue weighted by molar-refractivity contribution is 0.628. The quantitative estimate of drug-likeness (QED) is 0.809. The van der Waals surface area contributed by atoms with Crippen molar-refractivity contribution in [2.75, 3.05) is 11.9 Å². The van der Waals surface area contributed by atoms with Gasteiger partial charge < -0.3 is 11.1 Å². The summed E-state index contributed by atoms with van der Waals surface area (Å²) in [7, 11) is 0. The van der Waals surface area contributed by atoms with Gasteiger partial charge in [0.2, 0.25) is 0 Å². The number of hydrogen-bond donors (Lipinski definition) is 2. The first kappa shape index (κ1) is 15.5. The third-order valence-corrected chi connectivity index (χ3v) is 2.31. The topological polar surface area (TPSA) is 38.0 Å². The standard InChI is InChI=1S/C11H14ClFN2.C2H2/c1-7-5-9(12)10(13)6-11(7)15-8(2)3-4-14;1-2/h5-6,15H,2-4,14H2,1H3;1-2H. The second kappa shape index (κ2) is 7.72. The van der Waals surface area contributed by atoms with Crippen LogP contribution in [0.4, 0.5) is 10.1 Å². The molecule has 1 aromatic rings. The smallest absolute Gasteiger partial charge is 0.143 e. The van der Waals surface area contributed by atoms with Crippen LogP contribution in [0.15, 0.2) is 24.4 Å². The van der Waals surface area contributed by atoms with Gasteiger partial charge in [0.1, 0.15) is 5.82 Å². The molecule has 0 unspecified atom stereocenters. The summed E-state index contributed by atoms with van der Waals surface area (Å²) >= 11 is 5.64. The average molecular weight is 255 g/mol. The van der Waals surface area contributed by atoms with E-state index in [-0.39, 0.29) is 5.02 Å². The monoisotopic (exact) mass is 254 g/mol. The molecule has 0 aliphatic rings. The molecule has 2 nitrogen and oxygen atoms in total. The van der Waals surface area contributed by atoms with E-state index in [1.807, 2.05) is 6.92 Å². The molecule has 92 valence electrons. The van der Waals surface area contributed by atoms with E-state index in [0.717, 1.165) is 11.3 Å². The van der Waals surface area contributed by atoms with E-state index in [2.05, 4.69) is 24.7 Å². The first-order valence-electron chi connectivity index (χ1n) is 4.98. The summed E-state index contributed by atoms with van der Waals surface area (Å²) in [5.41, 5.74) is 7.70. The van der Waals surface area contributed by atoms with Gasteiger partial charge in [0, 0.05) is 11.4 Å². The Morgan fingerprint density at radius 1 is 1.53 bits per heavy atom. The lowest BCUT2D eigenvalue weighted by Gasteiger charge is -2.12. The fraction of sp³-hybridized carbons (Fsp3) is 0.231. The van der Waals surface area contributed by atoms with Crippen LogP contribution in [0.1, 0.15) is 12.0 Å². The van der Waals surface area contributed by atoms with E-state index in [1.54, 1.807) is 6.07 Å². The Morgan fingerprint density at radius 3 is 2.65 bits per heavy atom. The van der Waals surface area contributed by atoms with Crippen LogP contribution < -0.4 is 11.1 Å². The minimum absolute atomic E-state index is 0.127. The van der Waals surface area contributed by atoms with Crippen LogP contribution in [0.3, 0.4) is 0 Å². The van der Waals surface area contributed by atoms with Gasteiger partial charge in [-0.2, -0.15) is 0 Å². The zero-order valence-electron chi connectivity index (χ0n) is 9.76. The van der Waals surface area contributed by atoms with Crippen molar-refractivity contribution in [2.24, 2.45) is 5.73 Å². The molecule has 0 atom stereocenters.